The number of aryl methyl sites for hydroxylation is 1. The van der Waals surface area contributed by atoms with E-state index in [1.807, 2.05) is 13.8 Å². The molecule has 1 aromatic heterocycles. The van der Waals surface area contributed by atoms with Crippen LogP contribution in [-0.4, -0.2) is 25.1 Å². The second kappa shape index (κ2) is 6.45. The molecular weight excluding hydrogens is 346 g/mol. The molecule has 2 heterocycles. The monoisotopic (exact) mass is 363 g/mol. The molecule has 2 N–H and O–H groups in total. The Hall–Kier alpha value is -2.06. The van der Waals surface area contributed by atoms with E-state index >= 15 is 0 Å². The largest absolute Gasteiger partial charge is 0.325 e. The number of carbonyl (C=O) groups excluding carboxylic acids is 1. The SMILES string of the molecule is Cc1ccc(NS(=O)(=O)c2ccc3c(c2)NC(=O)C(C)CS3)nc1. The minimum absolute atomic E-state index is 0.0825. The van der Waals surface area contributed by atoms with E-state index in [9.17, 15) is 13.2 Å². The third-order valence-electron chi connectivity index (χ3n) is 3.61. The first-order valence-electron chi connectivity index (χ1n) is 7.38. The normalized spacial score (nSPS) is 17.6. The smallest absolute Gasteiger partial charge is 0.263 e. The zero-order valence-corrected chi connectivity index (χ0v) is 14.9. The molecule has 0 spiro atoms. The number of carbonyl (C=O) groups is 1. The van der Waals surface area contributed by atoms with Crippen LogP contribution in [0.2, 0.25) is 0 Å². The van der Waals surface area contributed by atoms with Gasteiger partial charge in [-0.2, -0.15) is 0 Å². The highest BCUT2D eigenvalue weighted by atomic mass is 32.2. The summed E-state index contributed by atoms with van der Waals surface area (Å²) in [5.41, 5.74) is 1.46. The number of anilines is 2. The zero-order chi connectivity index (χ0) is 17.3. The molecule has 0 saturated heterocycles. The van der Waals surface area contributed by atoms with Crippen LogP contribution >= 0.6 is 11.8 Å². The Morgan fingerprint density at radius 3 is 2.79 bits per heavy atom. The third-order valence-corrected chi connectivity index (χ3v) is 6.29. The number of rotatable bonds is 3. The van der Waals surface area contributed by atoms with Crippen LogP contribution in [0.3, 0.4) is 0 Å². The number of amides is 1. The second-order valence-electron chi connectivity index (χ2n) is 5.69. The summed E-state index contributed by atoms with van der Waals surface area (Å²) in [4.78, 5) is 17.0. The van der Waals surface area contributed by atoms with Gasteiger partial charge in [-0.05, 0) is 36.8 Å². The molecule has 0 radical (unpaired) electrons. The van der Waals surface area contributed by atoms with E-state index in [1.165, 1.54) is 23.9 Å². The van der Waals surface area contributed by atoms with Crippen molar-refractivity contribution in [2.75, 3.05) is 15.8 Å². The van der Waals surface area contributed by atoms with Gasteiger partial charge >= 0.3 is 0 Å². The number of hydrogen-bond donors (Lipinski definition) is 2. The fourth-order valence-corrected chi connectivity index (χ4v) is 4.22. The van der Waals surface area contributed by atoms with Gasteiger partial charge in [0.05, 0.1) is 10.6 Å². The van der Waals surface area contributed by atoms with E-state index in [1.54, 1.807) is 24.4 Å². The van der Waals surface area contributed by atoms with Crippen LogP contribution in [0.5, 0.6) is 0 Å². The maximum Gasteiger partial charge on any atom is 0.263 e. The number of hydrogen-bond acceptors (Lipinski definition) is 5. The standard InChI is InChI=1S/C16H17N3O3S2/c1-10-3-6-15(17-8-10)19-24(21,22)12-4-5-14-13(7-12)18-16(20)11(2)9-23-14/h3-8,11H,9H2,1-2H3,(H,17,19)(H,18,20). The molecule has 1 aliphatic heterocycles. The first kappa shape index (κ1) is 16.8. The molecule has 1 unspecified atom stereocenters. The van der Waals surface area contributed by atoms with E-state index in [-0.39, 0.29) is 22.5 Å². The maximum atomic E-state index is 12.5. The average molecular weight is 363 g/mol. The van der Waals surface area contributed by atoms with E-state index in [0.717, 1.165) is 10.5 Å². The molecule has 3 rings (SSSR count). The predicted molar refractivity (Wildman–Crippen MR) is 94.7 cm³/mol. The van der Waals surface area contributed by atoms with Crippen molar-refractivity contribution < 1.29 is 13.2 Å². The molecule has 1 aromatic carbocycles. The molecule has 126 valence electrons. The lowest BCUT2D eigenvalue weighted by Gasteiger charge is -2.11. The number of aromatic nitrogens is 1. The minimum Gasteiger partial charge on any atom is -0.325 e. The summed E-state index contributed by atoms with van der Waals surface area (Å²) < 4.78 is 27.5. The first-order chi connectivity index (χ1) is 11.3. The molecule has 24 heavy (non-hydrogen) atoms. The van der Waals surface area contributed by atoms with Crippen LogP contribution in [0.4, 0.5) is 11.5 Å². The van der Waals surface area contributed by atoms with Gasteiger partial charge in [0, 0.05) is 22.8 Å². The fraction of sp³-hybridized carbons (Fsp3) is 0.250. The lowest BCUT2D eigenvalue weighted by Crippen LogP contribution is -2.20. The average Bonchev–Trinajstić information content (AvgIpc) is 2.68. The van der Waals surface area contributed by atoms with Crippen molar-refractivity contribution in [1.29, 1.82) is 0 Å². The number of thioether (sulfide) groups is 1. The number of nitrogens with one attached hydrogen (secondary N) is 2. The third kappa shape index (κ3) is 3.54. The van der Waals surface area contributed by atoms with Crippen molar-refractivity contribution in [2.45, 2.75) is 23.6 Å². The molecule has 0 bridgehead atoms. The van der Waals surface area contributed by atoms with Gasteiger partial charge in [0.1, 0.15) is 5.82 Å². The van der Waals surface area contributed by atoms with E-state index in [0.29, 0.717) is 11.4 Å². The van der Waals surface area contributed by atoms with Gasteiger partial charge in [-0.3, -0.25) is 9.52 Å². The van der Waals surface area contributed by atoms with Crippen LogP contribution in [0.1, 0.15) is 12.5 Å². The van der Waals surface area contributed by atoms with Gasteiger partial charge in [0.25, 0.3) is 10.0 Å². The van der Waals surface area contributed by atoms with Crippen molar-refractivity contribution in [2.24, 2.45) is 5.92 Å². The minimum atomic E-state index is -3.78. The zero-order valence-electron chi connectivity index (χ0n) is 13.2. The molecular formula is C16H17N3O3S2. The van der Waals surface area contributed by atoms with E-state index in [4.69, 9.17) is 0 Å². The molecule has 6 nitrogen and oxygen atoms in total. The highest BCUT2D eigenvalue weighted by Crippen LogP contribution is 2.34. The molecule has 1 atom stereocenters. The summed E-state index contributed by atoms with van der Waals surface area (Å²) in [6, 6.07) is 8.12. The van der Waals surface area contributed by atoms with Crippen LogP contribution < -0.4 is 10.0 Å². The summed E-state index contributed by atoms with van der Waals surface area (Å²) >= 11 is 1.54. The Kier molecular flexibility index (Phi) is 4.51. The summed E-state index contributed by atoms with van der Waals surface area (Å²) in [6.07, 6.45) is 1.59. The first-order valence-corrected chi connectivity index (χ1v) is 9.85. The molecule has 0 saturated carbocycles. The van der Waals surface area contributed by atoms with Crippen LogP contribution in [0, 0.1) is 12.8 Å². The molecule has 0 fully saturated rings. The van der Waals surface area contributed by atoms with Gasteiger partial charge in [-0.1, -0.05) is 13.0 Å². The predicted octanol–water partition coefficient (Wildman–Crippen LogP) is 2.87. The fourth-order valence-electron chi connectivity index (χ4n) is 2.17. The van der Waals surface area contributed by atoms with E-state index in [2.05, 4.69) is 15.0 Å². The number of benzene rings is 1. The van der Waals surface area contributed by atoms with Crippen LogP contribution in [0.15, 0.2) is 46.3 Å². The van der Waals surface area contributed by atoms with Gasteiger partial charge < -0.3 is 5.32 Å². The topological polar surface area (TPSA) is 88.2 Å². The van der Waals surface area contributed by atoms with Gasteiger partial charge in [-0.15, -0.1) is 11.8 Å². The molecule has 2 aromatic rings. The van der Waals surface area contributed by atoms with Gasteiger partial charge in [-0.25, -0.2) is 13.4 Å². The maximum absolute atomic E-state index is 12.5. The molecule has 8 heteroatoms. The van der Waals surface area contributed by atoms with Gasteiger partial charge in [0.2, 0.25) is 5.91 Å². The van der Waals surface area contributed by atoms with Crippen molar-refractivity contribution in [3.05, 3.63) is 42.1 Å². The molecule has 1 amide bonds. The van der Waals surface area contributed by atoms with Crippen molar-refractivity contribution in [3.63, 3.8) is 0 Å². The van der Waals surface area contributed by atoms with E-state index < -0.39 is 10.0 Å². The Bertz CT molecular complexity index is 880. The van der Waals surface area contributed by atoms with Gasteiger partial charge in [0.15, 0.2) is 0 Å². The number of pyridine rings is 1. The number of fused-ring (bicyclic) bond motifs is 1. The van der Waals surface area contributed by atoms with Crippen LogP contribution in [0.25, 0.3) is 0 Å². The summed E-state index contributed by atoms with van der Waals surface area (Å²) in [7, 11) is -3.78. The van der Waals surface area contributed by atoms with Crippen molar-refractivity contribution >= 4 is 39.2 Å². The van der Waals surface area contributed by atoms with Crippen molar-refractivity contribution in [3.8, 4) is 0 Å². The molecule has 0 aliphatic carbocycles. The Morgan fingerprint density at radius 1 is 1.29 bits per heavy atom. The summed E-state index contributed by atoms with van der Waals surface area (Å²) in [6.45, 7) is 3.72. The Morgan fingerprint density at radius 2 is 2.08 bits per heavy atom. The highest BCUT2D eigenvalue weighted by molar-refractivity contribution is 7.99. The number of nitrogens with zero attached hydrogens (tertiary/aromatic N) is 1. The summed E-state index contributed by atoms with van der Waals surface area (Å²) in [5, 5.41) is 2.79. The summed E-state index contributed by atoms with van der Waals surface area (Å²) in [5.74, 6) is 0.681. The van der Waals surface area contributed by atoms with Crippen molar-refractivity contribution in [1.82, 2.24) is 4.98 Å². The molecule has 1 aliphatic rings. The quantitative estimate of drug-likeness (QED) is 0.875. The Balaban J connectivity index is 1.90. The number of sulfonamides is 1. The second-order valence-corrected chi connectivity index (χ2v) is 8.43. The van der Waals surface area contributed by atoms with Crippen LogP contribution in [-0.2, 0) is 14.8 Å². The lowest BCUT2D eigenvalue weighted by atomic mass is 10.2. The lowest BCUT2D eigenvalue weighted by molar-refractivity contribution is -0.118. The highest BCUT2D eigenvalue weighted by Gasteiger charge is 2.23. The Labute approximate surface area is 145 Å².